The Morgan fingerprint density at radius 1 is 0.968 bits per heavy atom. The highest BCUT2D eigenvalue weighted by molar-refractivity contribution is 5.98. The van der Waals surface area contributed by atoms with Gasteiger partial charge in [0.25, 0.3) is 5.91 Å². The quantitative estimate of drug-likeness (QED) is 0.705. The first-order valence-corrected chi connectivity index (χ1v) is 10.8. The monoisotopic (exact) mass is 425 g/mol. The van der Waals surface area contributed by atoms with Gasteiger partial charge in [-0.1, -0.05) is 6.07 Å². The number of anilines is 1. The molecule has 1 amide bonds. The average molecular weight is 426 g/mol. The Labute approximate surface area is 182 Å². The van der Waals surface area contributed by atoms with E-state index < -0.39 is 5.97 Å². The zero-order valence-corrected chi connectivity index (χ0v) is 17.8. The van der Waals surface area contributed by atoms with Crippen LogP contribution in [-0.2, 0) is 4.74 Å². The first-order chi connectivity index (χ1) is 15.0. The average Bonchev–Trinajstić information content (AvgIpc) is 2.84. The molecule has 2 heterocycles. The van der Waals surface area contributed by atoms with E-state index in [1.807, 2.05) is 17.0 Å². The number of halogens is 1. The van der Waals surface area contributed by atoms with Gasteiger partial charge in [-0.05, 0) is 55.3 Å². The number of esters is 1. The van der Waals surface area contributed by atoms with Gasteiger partial charge in [0.15, 0.2) is 0 Å². The Hall–Kier alpha value is -2.93. The van der Waals surface area contributed by atoms with E-state index in [0.29, 0.717) is 23.7 Å². The lowest BCUT2D eigenvalue weighted by Crippen LogP contribution is -2.55. The van der Waals surface area contributed by atoms with Crippen molar-refractivity contribution >= 4 is 17.6 Å². The van der Waals surface area contributed by atoms with E-state index in [2.05, 4.69) is 9.80 Å². The summed E-state index contributed by atoms with van der Waals surface area (Å²) in [5, 5.41) is 0. The Morgan fingerprint density at radius 3 is 2.39 bits per heavy atom. The summed E-state index contributed by atoms with van der Waals surface area (Å²) >= 11 is 0. The van der Waals surface area contributed by atoms with Crippen LogP contribution in [0.4, 0.5) is 10.1 Å². The molecule has 6 nitrogen and oxygen atoms in total. The number of piperidine rings is 1. The molecule has 0 saturated carbocycles. The highest BCUT2D eigenvalue weighted by atomic mass is 19.1. The van der Waals surface area contributed by atoms with Crippen molar-refractivity contribution in [1.29, 1.82) is 0 Å². The highest BCUT2D eigenvalue weighted by Crippen LogP contribution is 2.22. The molecule has 2 fully saturated rings. The van der Waals surface area contributed by atoms with Crippen LogP contribution in [-0.4, -0.2) is 74.1 Å². The van der Waals surface area contributed by atoms with Gasteiger partial charge in [-0.25, -0.2) is 9.18 Å². The number of carbonyl (C=O) groups is 2. The van der Waals surface area contributed by atoms with Crippen LogP contribution >= 0.6 is 0 Å². The number of rotatable bonds is 4. The number of nitrogens with zero attached hydrogens (tertiary/aromatic N) is 3. The van der Waals surface area contributed by atoms with Crippen molar-refractivity contribution in [1.82, 2.24) is 9.80 Å². The molecule has 0 bridgehead atoms. The molecular weight excluding hydrogens is 397 g/mol. The van der Waals surface area contributed by atoms with Crippen molar-refractivity contribution in [3.8, 4) is 0 Å². The Bertz CT molecular complexity index is 926. The number of carbonyl (C=O) groups excluding carboxylic acids is 2. The second kappa shape index (κ2) is 9.47. The third-order valence-corrected chi connectivity index (χ3v) is 6.24. The third kappa shape index (κ3) is 4.88. The SMILES string of the molecule is COC(=O)c1cccc(C(=O)N2CCC[C@@H](N3CCN(c4ccc(F)cc4)CC3)C2)c1. The maximum atomic E-state index is 13.2. The normalized spacial score (nSPS) is 19.9. The molecule has 0 aliphatic carbocycles. The van der Waals surface area contributed by atoms with Gasteiger partial charge in [0, 0.05) is 56.6 Å². The predicted molar refractivity (Wildman–Crippen MR) is 117 cm³/mol. The minimum absolute atomic E-state index is 0.0413. The van der Waals surface area contributed by atoms with Gasteiger partial charge in [-0.2, -0.15) is 0 Å². The van der Waals surface area contributed by atoms with Crippen LogP contribution in [0.2, 0.25) is 0 Å². The smallest absolute Gasteiger partial charge is 0.337 e. The lowest BCUT2D eigenvalue weighted by molar-refractivity contribution is 0.0563. The summed E-state index contributed by atoms with van der Waals surface area (Å²) in [5.41, 5.74) is 1.95. The van der Waals surface area contributed by atoms with Crippen LogP contribution in [0.25, 0.3) is 0 Å². The first kappa shape index (κ1) is 21.3. The van der Waals surface area contributed by atoms with Gasteiger partial charge >= 0.3 is 5.97 Å². The molecule has 4 rings (SSSR count). The van der Waals surface area contributed by atoms with E-state index in [9.17, 15) is 14.0 Å². The van der Waals surface area contributed by atoms with E-state index in [0.717, 1.165) is 51.3 Å². The zero-order valence-electron chi connectivity index (χ0n) is 17.8. The largest absolute Gasteiger partial charge is 0.465 e. The molecule has 164 valence electrons. The van der Waals surface area contributed by atoms with Crippen molar-refractivity contribution in [3.63, 3.8) is 0 Å². The van der Waals surface area contributed by atoms with Crippen LogP contribution in [0.5, 0.6) is 0 Å². The maximum absolute atomic E-state index is 13.2. The number of methoxy groups -OCH3 is 1. The molecule has 1 atom stereocenters. The van der Waals surface area contributed by atoms with Gasteiger partial charge in [-0.3, -0.25) is 9.69 Å². The Balaban J connectivity index is 1.36. The molecule has 0 N–H and O–H groups in total. The van der Waals surface area contributed by atoms with E-state index in [1.165, 1.54) is 19.2 Å². The van der Waals surface area contributed by atoms with E-state index in [1.54, 1.807) is 24.3 Å². The van der Waals surface area contributed by atoms with Crippen LogP contribution in [0.1, 0.15) is 33.6 Å². The second-order valence-corrected chi connectivity index (χ2v) is 8.12. The Kier molecular flexibility index (Phi) is 6.51. The number of likely N-dealkylation sites (tertiary alicyclic amines) is 1. The zero-order chi connectivity index (χ0) is 21.8. The molecule has 0 radical (unpaired) electrons. The van der Waals surface area contributed by atoms with E-state index in [4.69, 9.17) is 4.74 Å². The fourth-order valence-corrected chi connectivity index (χ4v) is 4.51. The lowest BCUT2D eigenvalue weighted by atomic mass is 10.0. The predicted octanol–water partition coefficient (Wildman–Crippen LogP) is 3.04. The summed E-state index contributed by atoms with van der Waals surface area (Å²) in [7, 11) is 1.34. The fourth-order valence-electron chi connectivity index (χ4n) is 4.51. The molecule has 2 aliphatic heterocycles. The number of piperazine rings is 1. The summed E-state index contributed by atoms with van der Waals surface area (Å²) in [6.07, 6.45) is 2.04. The van der Waals surface area contributed by atoms with Crippen LogP contribution in [0, 0.1) is 5.82 Å². The lowest BCUT2D eigenvalue weighted by Gasteiger charge is -2.44. The van der Waals surface area contributed by atoms with Crippen molar-refractivity contribution < 1.29 is 18.7 Å². The minimum Gasteiger partial charge on any atom is -0.465 e. The summed E-state index contributed by atoms with van der Waals surface area (Å²) in [6, 6.07) is 13.7. The van der Waals surface area contributed by atoms with Crippen LogP contribution in [0.15, 0.2) is 48.5 Å². The standard InChI is InChI=1S/C24H28FN3O3/c1-31-24(30)19-5-2-4-18(16-19)23(29)28-11-3-6-22(17-28)27-14-12-26(13-15-27)21-9-7-20(25)8-10-21/h2,4-5,7-10,16,22H,3,6,11-15,17H2,1H3/t22-/m1/s1. The molecule has 2 aromatic rings. The second-order valence-electron chi connectivity index (χ2n) is 8.12. The van der Waals surface area contributed by atoms with Crippen molar-refractivity contribution in [2.75, 3.05) is 51.3 Å². The molecule has 7 heteroatoms. The summed E-state index contributed by atoms with van der Waals surface area (Å²) in [4.78, 5) is 31.5. The number of ether oxygens (including phenoxy) is 1. The molecule has 31 heavy (non-hydrogen) atoms. The molecule has 0 unspecified atom stereocenters. The number of amides is 1. The topological polar surface area (TPSA) is 53.1 Å². The molecule has 2 aliphatic rings. The minimum atomic E-state index is -0.440. The van der Waals surface area contributed by atoms with Crippen LogP contribution in [0.3, 0.4) is 0 Å². The van der Waals surface area contributed by atoms with Crippen LogP contribution < -0.4 is 4.90 Å². The van der Waals surface area contributed by atoms with Gasteiger partial charge in [0.05, 0.1) is 12.7 Å². The highest BCUT2D eigenvalue weighted by Gasteiger charge is 2.30. The molecule has 2 saturated heterocycles. The van der Waals surface area contributed by atoms with Gasteiger partial charge in [-0.15, -0.1) is 0 Å². The van der Waals surface area contributed by atoms with Crippen molar-refractivity contribution in [2.24, 2.45) is 0 Å². The summed E-state index contributed by atoms with van der Waals surface area (Å²) in [5.74, 6) is -0.697. The van der Waals surface area contributed by atoms with E-state index in [-0.39, 0.29) is 11.7 Å². The van der Waals surface area contributed by atoms with Gasteiger partial charge in [0.1, 0.15) is 5.82 Å². The molecule has 0 aromatic heterocycles. The van der Waals surface area contributed by atoms with E-state index >= 15 is 0 Å². The molecule has 0 spiro atoms. The Morgan fingerprint density at radius 2 is 1.68 bits per heavy atom. The molecule has 2 aromatic carbocycles. The first-order valence-electron chi connectivity index (χ1n) is 10.8. The fraction of sp³-hybridized carbons (Fsp3) is 0.417. The maximum Gasteiger partial charge on any atom is 0.337 e. The molecular formula is C24H28FN3O3. The van der Waals surface area contributed by atoms with Gasteiger partial charge < -0.3 is 14.5 Å². The number of hydrogen-bond acceptors (Lipinski definition) is 5. The van der Waals surface area contributed by atoms with Gasteiger partial charge in [0.2, 0.25) is 0 Å². The number of hydrogen-bond donors (Lipinski definition) is 0. The summed E-state index contributed by atoms with van der Waals surface area (Å²) < 4.78 is 17.9. The van der Waals surface area contributed by atoms with Crippen molar-refractivity contribution in [3.05, 3.63) is 65.5 Å². The summed E-state index contributed by atoms with van der Waals surface area (Å²) in [6.45, 7) is 5.03. The van der Waals surface area contributed by atoms with Crippen molar-refractivity contribution in [2.45, 2.75) is 18.9 Å². The third-order valence-electron chi connectivity index (χ3n) is 6.24. The number of benzene rings is 2.